The summed E-state index contributed by atoms with van der Waals surface area (Å²) in [7, 11) is -3.14. The van der Waals surface area contributed by atoms with Crippen LogP contribution in [0.4, 0.5) is 0 Å². The highest BCUT2D eigenvalue weighted by atomic mass is 32.2. The van der Waals surface area contributed by atoms with E-state index in [-0.39, 0.29) is 17.3 Å². The van der Waals surface area contributed by atoms with Crippen molar-refractivity contribution in [2.45, 2.75) is 60.0 Å². The minimum Gasteiger partial charge on any atom is -0.422 e. The van der Waals surface area contributed by atoms with Gasteiger partial charge in [0.15, 0.2) is 0 Å². The van der Waals surface area contributed by atoms with Crippen LogP contribution in [0.3, 0.4) is 0 Å². The monoisotopic (exact) mass is 350 g/mol. The van der Waals surface area contributed by atoms with Crippen molar-refractivity contribution in [1.29, 1.82) is 0 Å². The van der Waals surface area contributed by atoms with Crippen LogP contribution < -0.4 is 0 Å². The first-order chi connectivity index (χ1) is 9.95. The van der Waals surface area contributed by atoms with Crippen molar-refractivity contribution in [3.8, 4) is 0 Å². The molecule has 1 fully saturated rings. The van der Waals surface area contributed by atoms with Crippen LogP contribution in [0.5, 0.6) is 0 Å². The van der Waals surface area contributed by atoms with E-state index in [1.54, 1.807) is 0 Å². The lowest BCUT2D eigenvalue weighted by molar-refractivity contribution is -0.123. The average molecular weight is 351 g/mol. The van der Waals surface area contributed by atoms with E-state index in [9.17, 15) is 8.42 Å². The maximum atomic E-state index is 11.1. The second kappa shape index (κ2) is 7.32. The molecule has 0 spiro atoms. The van der Waals surface area contributed by atoms with E-state index >= 15 is 0 Å². The fraction of sp³-hybridized carbons (Fsp3) is 1.00. The number of rotatable bonds is 8. The van der Waals surface area contributed by atoms with Crippen LogP contribution in [0, 0.1) is 35.5 Å². The molecule has 132 valence electrons. The molecule has 22 heavy (non-hydrogen) atoms. The van der Waals surface area contributed by atoms with Crippen molar-refractivity contribution in [2.75, 3.05) is 5.75 Å². The van der Waals surface area contributed by atoms with Gasteiger partial charge in [-0.15, -0.1) is 0 Å². The Morgan fingerprint density at radius 1 is 1.14 bits per heavy atom. The summed E-state index contributed by atoms with van der Waals surface area (Å²) in [4.78, 5) is 0. The molecule has 1 unspecified atom stereocenters. The zero-order valence-electron chi connectivity index (χ0n) is 15.2. The van der Waals surface area contributed by atoms with Gasteiger partial charge in [0.05, 0.1) is 11.4 Å². The molecule has 0 aromatic rings. The summed E-state index contributed by atoms with van der Waals surface area (Å²) in [6.45, 7) is 13.5. The van der Waals surface area contributed by atoms with E-state index in [0.717, 1.165) is 12.8 Å². The first-order valence-corrected chi connectivity index (χ1v) is 10.9. The number of hydrogen-bond acceptors (Lipinski definition) is 3. The predicted octanol–water partition coefficient (Wildman–Crippen LogP) is 2.52. The molecule has 0 aromatic carbocycles. The minimum atomic E-state index is -3.85. The second-order valence-electron chi connectivity index (χ2n) is 7.98. The van der Waals surface area contributed by atoms with Crippen LogP contribution in [0.2, 0.25) is 0 Å². The third-order valence-corrected chi connectivity index (χ3v) is 7.22. The van der Waals surface area contributed by atoms with Gasteiger partial charge in [-0.1, -0.05) is 41.5 Å². The zero-order chi connectivity index (χ0) is 17.3. The lowest BCUT2D eigenvalue weighted by Crippen LogP contribution is -2.56. The van der Waals surface area contributed by atoms with Gasteiger partial charge in [-0.3, -0.25) is 4.55 Å². The summed E-state index contributed by atoms with van der Waals surface area (Å²) in [6.07, 6.45) is 1.77. The molecule has 1 rings (SSSR count). The van der Waals surface area contributed by atoms with E-state index in [4.69, 9.17) is 8.98 Å². The molecule has 0 bridgehead atoms. The standard InChI is InChI=1S/C16H34O4SSi/c1-10(2)15(16(20-22,11(3)4)12(5)6)14-7-13(8-14)9-21(17,18)19/h10-15H,7-9H2,1-6,22H3,(H,17,18,19)/t13-,14-,15?. The quantitative estimate of drug-likeness (QED) is 0.540. The van der Waals surface area contributed by atoms with Gasteiger partial charge in [0.25, 0.3) is 10.1 Å². The van der Waals surface area contributed by atoms with E-state index in [2.05, 4.69) is 41.5 Å². The summed E-state index contributed by atoms with van der Waals surface area (Å²) in [5.74, 6) is 2.29. The van der Waals surface area contributed by atoms with Gasteiger partial charge in [-0.05, 0) is 48.3 Å². The predicted molar refractivity (Wildman–Crippen MR) is 94.4 cm³/mol. The van der Waals surface area contributed by atoms with Crippen LogP contribution in [0.1, 0.15) is 54.4 Å². The minimum absolute atomic E-state index is 0.0909. The highest BCUT2D eigenvalue weighted by molar-refractivity contribution is 7.85. The number of hydrogen-bond donors (Lipinski definition) is 1. The van der Waals surface area contributed by atoms with Crippen molar-refractivity contribution >= 4 is 20.6 Å². The molecule has 0 aliphatic heterocycles. The molecule has 1 aliphatic rings. The Labute approximate surface area is 139 Å². The average Bonchev–Trinajstić information content (AvgIpc) is 2.28. The van der Waals surface area contributed by atoms with Gasteiger partial charge >= 0.3 is 0 Å². The summed E-state index contributed by atoms with van der Waals surface area (Å²) >= 11 is 0. The topological polar surface area (TPSA) is 63.6 Å². The maximum absolute atomic E-state index is 11.1. The Bertz CT molecular complexity index is 445. The van der Waals surface area contributed by atoms with E-state index in [0.29, 0.717) is 40.1 Å². The largest absolute Gasteiger partial charge is 0.422 e. The van der Waals surface area contributed by atoms with Gasteiger partial charge in [0, 0.05) is 0 Å². The molecular formula is C16H34O4SSi. The highest BCUT2D eigenvalue weighted by Crippen LogP contribution is 2.52. The molecule has 0 radical (unpaired) electrons. The molecule has 1 atom stereocenters. The normalized spacial score (nSPS) is 25.0. The molecule has 0 amide bonds. The van der Waals surface area contributed by atoms with Crippen molar-refractivity contribution in [2.24, 2.45) is 35.5 Å². The molecule has 4 nitrogen and oxygen atoms in total. The van der Waals surface area contributed by atoms with Gasteiger partial charge < -0.3 is 4.43 Å². The first kappa shape index (κ1) is 20.1. The summed E-state index contributed by atoms with van der Waals surface area (Å²) in [5.41, 5.74) is -0.131. The summed E-state index contributed by atoms with van der Waals surface area (Å²) < 4.78 is 37.4. The van der Waals surface area contributed by atoms with Crippen molar-refractivity contribution in [3.05, 3.63) is 0 Å². The molecule has 0 heterocycles. The smallest absolute Gasteiger partial charge is 0.265 e. The third-order valence-electron chi connectivity index (χ3n) is 5.62. The van der Waals surface area contributed by atoms with Crippen LogP contribution >= 0.6 is 0 Å². The van der Waals surface area contributed by atoms with Gasteiger partial charge in [-0.25, -0.2) is 0 Å². The van der Waals surface area contributed by atoms with E-state index in [1.165, 1.54) is 0 Å². The van der Waals surface area contributed by atoms with Crippen LogP contribution in [-0.4, -0.2) is 34.8 Å². The maximum Gasteiger partial charge on any atom is 0.265 e. The van der Waals surface area contributed by atoms with Crippen molar-refractivity contribution in [1.82, 2.24) is 0 Å². The Kier molecular flexibility index (Phi) is 6.70. The Morgan fingerprint density at radius 2 is 1.59 bits per heavy atom. The zero-order valence-corrected chi connectivity index (χ0v) is 18.0. The molecule has 1 saturated carbocycles. The molecule has 1 aliphatic carbocycles. The Hall–Kier alpha value is 0.0869. The lowest BCUT2D eigenvalue weighted by Gasteiger charge is -2.55. The van der Waals surface area contributed by atoms with Gasteiger partial charge in [0.1, 0.15) is 10.5 Å². The first-order valence-electron chi connectivity index (χ1n) is 8.45. The van der Waals surface area contributed by atoms with Crippen LogP contribution in [0.15, 0.2) is 0 Å². The van der Waals surface area contributed by atoms with Gasteiger partial charge in [0.2, 0.25) is 0 Å². The van der Waals surface area contributed by atoms with E-state index in [1.807, 2.05) is 0 Å². The molecule has 6 heteroatoms. The molecule has 1 N–H and O–H groups in total. The fourth-order valence-electron chi connectivity index (χ4n) is 4.99. The van der Waals surface area contributed by atoms with Crippen LogP contribution in [0.25, 0.3) is 0 Å². The highest BCUT2D eigenvalue weighted by Gasteiger charge is 2.51. The lowest BCUT2D eigenvalue weighted by atomic mass is 9.56. The molecule has 0 saturated heterocycles. The fourth-order valence-corrected chi connectivity index (χ4v) is 7.07. The molecular weight excluding hydrogens is 316 g/mol. The Balaban J connectivity index is 2.96. The molecule has 0 aromatic heterocycles. The second-order valence-corrected chi connectivity index (χ2v) is 9.89. The van der Waals surface area contributed by atoms with Crippen LogP contribution in [-0.2, 0) is 14.5 Å². The Morgan fingerprint density at radius 3 is 1.86 bits per heavy atom. The third kappa shape index (κ3) is 4.13. The van der Waals surface area contributed by atoms with Crippen molar-refractivity contribution in [3.63, 3.8) is 0 Å². The SMILES string of the molecule is CC(C)C([C@H]1C[C@H](CS(=O)(=O)O)C1)C(O[SiH3])(C(C)C)C(C)C. The van der Waals surface area contributed by atoms with Gasteiger partial charge in [-0.2, -0.15) is 8.42 Å². The summed E-state index contributed by atoms with van der Waals surface area (Å²) in [5, 5.41) is 0. The van der Waals surface area contributed by atoms with E-state index < -0.39 is 10.1 Å². The van der Waals surface area contributed by atoms with Crippen molar-refractivity contribution < 1.29 is 17.4 Å². The summed E-state index contributed by atoms with van der Waals surface area (Å²) in [6, 6.07) is 0.